The van der Waals surface area contributed by atoms with Crippen LogP contribution in [0.15, 0.2) is 52.8 Å². The number of aryl methyl sites for hydroxylation is 1. The molecule has 1 aromatic heterocycles. The van der Waals surface area contributed by atoms with Gasteiger partial charge in [-0.25, -0.2) is 0 Å². The number of benzene rings is 2. The van der Waals surface area contributed by atoms with Crippen molar-refractivity contribution in [2.45, 2.75) is 23.2 Å². The number of fused-ring (bicyclic) bond motifs is 1. The van der Waals surface area contributed by atoms with Crippen LogP contribution in [0, 0.1) is 0 Å². The zero-order chi connectivity index (χ0) is 21.1. The molecule has 0 unspecified atom stereocenters. The summed E-state index contributed by atoms with van der Waals surface area (Å²) in [5.74, 6) is -0.0835. The van der Waals surface area contributed by atoms with E-state index >= 15 is 0 Å². The molecule has 3 aromatic rings. The summed E-state index contributed by atoms with van der Waals surface area (Å²) in [4.78, 5) is 13.0. The van der Waals surface area contributed by atoms with E-state index in [1.807, 2.05) is 47.4 Å². The predicted octanol–water partition coefficient (Wildman–Crippen LogP) is 3.13. The van der Waals surface area contributed by atoms with E-state index in [2.05, 4.69) is 40.8 Å². The summed E-state index contributed by atoms with van der Waals surface area (Å²) < 4.78 is 7.59. The van der Waals surface area contributed by atoms with E-state index in [9.17, 15) is 4.79 Å². The van der Waals surface area contributed by atoms with Crippen LogP contribution in [0.1, 0.15) is 12.0 Å². The van der Waals surface area contributed by atoms with Crippen LogP contribution in [-0.4, -0.2) is 45.7 Å². The number of hydrogen-bond donors (Lipinski definition) is 4. The van der Waals surface area contributed by atoms with Crippen LogP contribution in [0.3, 0.4) is 0 Å². The normalized spacial score (nSPS) is 13.1. The van der Waals surface area contributed by atoms with Gasteiger partial charge in [0.25, 0.3) is 0 Å². The van der Waals surface area contributed by atoms with Gasteiger partial charge in [-0.1, -0.05) is 6.07 Å². The number of thiol groups is 2. The van der Waals surface area contributed by atoms with E-state index in [-0.39, 0.29) is 13.3 Å². The molecule has 0 amide bonds. The molecule has 0 saturated heterocycles. The standard InChI is InChI=1S/C20H21N5O3S2/c26-18(27)11-24-8-2-3-13-9-16(6-7-17(13)24)28-12-21-14-4-1-5-15(10-14)25-19(29)22-23-20(25)30/h1,4-7,9-10,21H,2-3,8,11-12H2,(H,22,29)(H,23,30)(H,26,27). The lowest BCUT2D eigenvalue weighted by atomic mass is 10.0. The van der Waals surface area contributed by atoms with Gasteiger partial charge in [-0.05, 0) is 54.8 Å². The van der Waals surface area contributed by atoms with Gasteiger partial charge in [-0.3, -0.25) is 9.36 Å². The molecule has 0 fully saturated rings. The average molecular weight is 444 g/mol. The lowest BCUT2D eigenvalue weighted by molar-refractivity contribution is -0.135. The molecule has 10 heteroatoms. The van der Waals surface area contributed by atoms with E-state index in [1.54, 1.807) is 4.57 Å². The quantitative estimate of drug-likeness (QED) is 0.329. The van der Waals surface area contributed by atoms with Crippen LogP contribution < -0.4 is 15.0 Å². The minimum absolute atomic E-state index is 0.0134. The van der Waals surface area contributed by atoms with Gasteiger partial charge in [0.1, 0.15) is 12.3 Å². The second-order valence-electron chi connectivity index (χ2n) is 6.86. The number of ether oxygens (including phenoxy) is 1. The second kappa shape index (κ2) is 8.88. The molecule has 2 aromatic carbocycles. The lowest BCUT2D eigenvalue weighted by Gasteiger charge is -2.30. The highest BCUT2D eigenvalue weighted by molar-refractivity contribution is 7.80. The first kappa shape index (κ1) is 20.4. The van der Waals surface area contributed by atoms with Crippen molar-refractivity contribution in [1.29, 1.82) is 0 Å². The summed E-state index contributed by atoms with van der Waals surface area (Å²) in [5, 5.41) is 21.0. The van der Waals surface area contributed by atoms with Crippen molar-refractivity contribution in [3.63, 3.8) is 0 Å². The topological polar surface area (TPSA) is 92.5 Å². The van der Waals surface area contributed by atoms with Gasteiger partial charge in [-0.15, -0.1) is 35.5 Å². The Hall–Kier alpha value is -2.85. The number of carbonyl (C=O) groups is 1. The first-order valence-corrected chi connectivity index (χ1v) is 10.3. The van der Waals surface area contributed by atoms with Crippen LogP contribution >= 0.6 is 25.3 Å². The Balaban J connectivity index is 1.40. The maximum atomic E-state index is 11.1. The molecule has 0 radical (unpaired) electrons. The highest BCUT2D eigenvalue weighted by atomic mass is 32.1. The van der Waals surface area contributed by atoms with Crippen LogP contribution in [0.25, 0.3) is 5.69 Å². The summed E-state index contributed by atoms with van der Waals surface area (Å²) in [6.45, 7) is 1.05. The van der Waals surface area contributed by atoms with Crippen LogP contribution in [0.2, 0.25) is 0 Å². The van der Waals surface area contributed by atoms with E-state index in [1.165, 1.54) is 0 Å². The van der Waals surface area contributed by atoms with Crippen molar-refractivity contribution in [2.75, 3.05) is 30.0 Å². The maximum absolute atomic E-state index is 11.1. The minimum atomic E-state index is -0.823. The SMILES string of the molecule is O=C(O)CN1CCCc2cc(OCNc3cccc(-n4c(S)nnc4S)c3)ccc21. The van der Waals surface area contributed by atoms with Crippen molar-refractivity contribution in [3.8, 4) is 11.4 Å². The zero-order valence-electron chi connectivity index (χ0n) is 16.0. The van der Waals surface area contributed by atoms with Crippen LogP contribution in [0.5, 0.6) is 5.75 Å². The molecule has 2 N–H and O–H groups in total. The number of nitrogens with zero attached hydrogens (tertiary/aromatic N) is 4. The summed E-state index contributed by atoms with van der Waals surface area (Å²) in [7, 11) is 0. The molecule has 1 aliphatic heterocycles. The molecule has 1 aliphatic rings. The summed E-state index contributed by atoms with van der Waals surface area (Å²) in [6.07, 6.45) is 1.84. The molecular formula is C20H21N5O3S2. The largest absolute Gasteiger partial charge is 0.480 e. The molecular weight excluding hydrogens is 422 g/mol. The van der Waals surface area contributed by atoms with Gasteiger partial charge in [0.15, 0.2) is 17.0 Å². The van der Waals surface area contributed by atoms with Crippen molar-refractivity contribution in [1.82, 2.24) is 14.8 Å². The number of nitrogens with one attached hydrogen (secondary N) is 1. The van der Waals surface area contributed by atoms with E-state index in [0.29, 0.717) is 10.3 Å². The van der Waals surface area contributed by atoms with Gasteiger partial charge >= 0.3 is 5.97 Å². The number of aliphatic carboxylic acids is 1. The summed E-state index contributed by atoms with van der Waals surface area (Å²) in [6, 6.07) is 13.5. The fourth-order valence-corrected chi connectivity index (χ4v) is 4.11. The number of anilines is 2. The Bertz CT molecular complexity index is 1050. The molecule has 0 aliphatic carbocycles. The number of carboxylic acids is 1. The molecule has 0 spiro atoms. The van der Waals surface area contributed by atoms with Gasteiger partial charge in [0, 0.05) is 17.9 Å². The van der Waals surface area contributed by atoms with Crippen molar-refractivity contribution >= 4 is 42.6 Å². The molecule has 30 heavy (non-hydrogen) atoms. The Morgan fingerprint density at radius 3 is 2.73 bits per heavy atom. The molecule has 156 valence electrons. The fraction of sp³-hybridized carbons (Fsp3) is 0.250. The number of rotatable bonds is 7. The Morgan fingerprint density at radius 1 is 1.17 bits per heavy atom. The number of carboxylic acid groups (broad SMARTS) is 1. The predicted molar refractivity (Wildman–Crippen MR) is 120 cm³/mol. The zero-order valence-corrected chi connectivity index (χ0v) is 17.8. The third kappa shape index (κ3) is 4.49. The molecule has 0 saturated carbocycles. The van der Waals surface area contributed by atoms with Gasteiger partial charge in [0.2, 0.25) is 0 Å². The first-order chi connectivity index (χ1) is 14.5. The van der Waals surface area contributed by atoms with Gasteiger partial charge < -0.3 is 20.1 Å². The third-order valence-electron chi connectivity index (χ3n) is 4.84. The Morgan fingerprint density at radius 2 is 1.97 bits per heavy atom. The maximum Gasteiger partial charge on any atom is 0.323 e. The van der Waals surface area contributed by atoms with E-state index in [0.717, 1.165) is 47.8 Å². The van der Waals surface area contributed by atoms with E-state index < -0.39 is 5.97 Å². The molecule has 0 atom stereocenters. The molecule has 2 heterocycles. The van der Waals surface area contributed by atoms with Crippen LogP contribution in [0.4, 0.5) is 11.4 Å². The lowest BCUT2D eigenvalue weighted by Crippen LogP contribution is -2.34. The fourth-order valence-electron chi connectivity index (χ4n) is 3.53. The molecule has 0 bridgehead atoms. The average Bonchev–Trinajstić information content (AvgIpc) is 3.06. The highest BCUT2D eigenvalue weighted by Crippen LogP contribution is 2.30. The highest BCUT2D eigenvalue weighted by Gasteiger charge is 2.19. The first-order valence-electron chi connectivity index (χ1n) is 9.41. The second-order valence-corrected chi connectivity index (χ2v) is 7.66. The molecule has 8 nitrogen and oxygen atoms in total. The van der Waals surface area contributed by atoms with Crippen molar-refractivity contribution in [3.05, 3.63) is 48.0 Å². The summed E-state index contributed by atoms with van der Waals surface area (Å²) >= 11 is 8.61. The van der Waals surface area contributed by atoms with Gasteiger partial charge in [-0.2, -0.15) is 0 Å². The monoisotopic (exact) mass is 443 g/mol. The van der Waals surface area contributed by atoms with Crippen molar-refractivity contribution in [2.24, 2.45) is 0 Å². The Labute approximate surface area is 184 Å². The van der Waals surface area contributed by atoms with Crippen LogP contribution in [-0.2, 0) is 11.2 Å². The van der Waals surface area contributed by atoms with Gasteiger partial charge in [0.05, 0.1) is 5.69 Å². The number of aromatic nitrogens is 3. The Kier molecular flexibility index (Phi) is 6.05. The minimum Gasteiger partial charge on any atom is -0.480 e. The third-order valence-corrected chi connectivity index (χ3v) is 5.42. The number of hydrogen-bond acceptors (Lipinski definition) is 8. The summed E-state index contributed by atoms with van der Waals surface area (Å²) in [5.41, 5.74) is 3.78. The van der Waals surface area contributed by atoms with Crippen molar-refractivity contribution < 1.29 is 14.6 Å². The smallest absolute Gasteiger partial charge is 0.323 e. The van der Waals surface area contributed by atoms with E-state index in [4.69, 9.17) is 9.84 Å². The molecule has 4 rings (SSSR count).